The maximum Gasteiger partial charge on any atom is 0.218 e. The number of hydrogen-bond acceptors (Lipinski definition) is 4. The van der Waals surface area contributed by atoms with E-state index in [0.717, 1.165) is 5.56 Å². The summed E-state index contributed by atoms with van der Waals surface area (Å²) in [6.07, 6.45) is 0. The third-order valence-corrected chi connectivity index (χ3v) is 7.51. The topological polar surface area (TPSA) is 71.5 Å². The molecule has 2 aliphatic heterocycles. The van der Waals surface area contributed by atoms with Crippen LogP contribution in [0.3, 0.4) is 0 Å². The Hall–Kier alpha value is -0.920. The van der Waals surface area contributed by atoms with Gasteiger partial charge >= 0.3 is 0 Å². The van der Waals surface area contributed by atoms with Gasteiger partial charge in [-0.2, -0.15) is 0 Å². The van der Waals surface area contributed by atoms with Gasteiger partial charge in [-0.15, -0.1) is 0 Å². The number of sulfone groups is 1. The standard InChI is InChI=1S/C12H15NO4S2/c14-18(15)9-12(10-18)7-13(8-12)19(16,17)6-11-4-2-1-3-5-11/h1-5H,6-10H2. The highest BCUT2D eigenvalue weighted by molar-refractivity contribution is 7.93. The van der Waals surface area contributed by atoms with Gasteiger partial charge in [-0.3, -0.25) is 0 Å². The van der Waals surface area contributed by atoms with Crippen LogP contribution in [0.1, 0.15) is 5.56 Å². The number of hydrogen-bond donors (Lipinski definition) is 0. The van der Waals surface area contributed by atoms with E-state index in [9.17, 15) is 16.8 Å². The van der Waals surface area contributed by atoms with E-state index in [0.29, 0.717) is 13.1 Å². The van der Waals surface area contributed by atoms with Crippen LogP contribution in [0.4, 0.5) is 0 Å². The van der Waals surface area contributed by atoms with Crippen molar-refractivity contribution in [3.8, 4) is 0 Å². The zero-order valence-electron chi connectivity index (χ0n) is 10.3. The van der Waals surface area contributed by atoms with Crippen molar-refractivity contribution in [3.05, 3.63) is 35.9 Å². The van der Waals surface area contributed by atoms with Crippen molar-refractivity contribution >= 4 is 19.9 Å². The second-order valence-corrected chi connectivity index (χ2v) is 9.58. The van der Waals surface area contributed by atoms with Crippen LogP contribution < -0.4 is 0 Å². The Morgan fingerprint density at radius 2 is 1.68 bits per heavy atom. The lowest BCUT2D eigenvalue weighted by Gasteiger charge is -2.53. The lowest BCUT2D eigenvalue weighted by Crippen LogP contribution is -2.69. The van der Waals surface area contributed by atoms with Crippen molar-refractivity contribution in [1.29, 1.82) is 0 Å². The highest BCUT2D eigenvalue weighted by Gasteiger charge is 2.58. The Kier molecular flexibility index (Phi) is 2.78. The highest BCUT2D eigenvalue weighted by Crippen LogP contribution is 2.43. The van der Waals surface area contributed by atoms with E-state index in [-0.39, 0.29) is 22.7 Å². The van der Waals surface area contributed by atoms with Gasteiger partial charge in [0.25, 0.3) is 0 Å². The molecule has 0 aromatic heterocycles. The molecule has 1 spiro atoms. The third kappa shape index (κ3) is 2.42. The molecule has 0 aliphatic carbocycles. The van der Waals surface area contributed by atoms with Crippen LogP contribution in [0.5, 0.6) is 0 Å². The predicted octanol–water partition coefficient (Wildman–Crippen LogP) is 0.247. The van der Waals surface area contributed by atoms with Gasteiger partial charge in [0, 0.05) is 18.5 Å². The minimum absolute atomic E-state index is 0.0172. The quantitative estimate of drug-likeness (QED) is 0.802. The molecule has 0 amide bonds. The lowest BCUT2D eigenvalue weighted by molar-refractivity contribution is 0.101. The Labute approximate surface area is 113 Å². The minimum atomic E-state index is -3.32. The van der Waals surface area contributed by atoms with Crippen LogP contribution in [0, 0.1) is 5.41 Å². The molecule has 19 heavy (non-hydrogen) atoms. The molecule has 1 aromatic carbocycles. The van der Waals surface area contributed by atoms with Crippen LogP contribution in [0.2, 0.25) is 0 Å². The fourth-order valence-corrected chi connectivity index (χ4v) is 6.73. The highest BCUT2D eigenvalue weighted by atomic mass is 32.2. The number of benzene rings is 1. The summed E-state index contributed by atoms with van der Waals surface area (Å²) in [6.45, 7) is 0.697. The van der Waals surface area contributed by atoms with Gasteiger partial charge in [-0.25, -0.2) is 21.1 Å². The molecule has 0 saturated carbocycles. The lowest BCUT2D eigenvalue weighted by atomic mass is 9.85. The molecule has 0 atom stereocenters. The Balaban J connectivity index is 1.65. The monoisotopic (exact) mass is 301 g/mol. The fraction of sp³-hybridized carbons (Fsp3) is 0.500. The van der Waals surface area contributed by atoms with E-state index in [4.69, 9.17) is 0 Å². The summed E-state index contributed by atoms with van der Waals surface area (Å²) in [7, 11) is -6.22. The summed E-state index contributed by atoms with van der Waals surface area (Å²) in [5.41, 5.74) is 0.465. The summed E-state index contributed by atoms with van der Waals surface area (Å²) >= 11 is 0. The van der Waals surface area contributed by atoms with E-state index in [1.54, 1.807) is 24.3 Å². The summed E-state index contributed by atoms with van der Waals surface area (Å²) < 4.78 is 48.0. The summed E-state index contributed by atoms with van der Waals surface area (Å²) in [5.74, 6) is 0.255. The SMILES string of the molecule is O=S1(=O)CC2(CN(S(=O)(=O)Cc3ccccc3)C2)C1. The first-order valence-corrected chi connectivity index (χ1v) is 9.46. The molecule has 2 fully saturated rings. The van der Waals surface area contributed by atoms with Gasteiger partial charge in [-0.05, 0) is 5.56 Å². The van der Waals surface area contributed by atoms with Crippen molar-refractivity contribution in [2.24, 2.45) is 5.41 Å². The van der Waals surface area contributed by atoms with E-state index >= 15 is 0 Å². The molecule has 1 aromatic rings. The third-order valence-electron chi connectivity index (χ3n) is 3.66. The molecule has 2 saturated heterocycles. The van der Waals surface area contributed by atoms with Crippen LogP contribution in [0.25, 0.3) is 0 Å². The second kappa shape index (κ2) is 4.04. The first-order chi connectivity index (χ1) is 8.80. The smallest absolute Gasteiger partial charge is 0.218 e. The first-order valence-electron chi connectivity index (χ1n) is 6.03. The van der Waals surface area contributed by atoms with Crippen LogP contribution in [-0.2, 0) is 25.6 Å². The normalized spacial score (nSPS) is 24.6. The molecule has 3 rings (SSSR count). The average molecular weight is 301 g/mol. The fourth-order valence-electron chi connectivity index (χ4n) is 2.85. The average Bonchev–Trinajstić information content (AvgIpc) is 2.22. The molecule has 0 bridgehead atoms. The molecule has 5 nitrogen and oxygen atoms in total. The van der Waals surface area contributed by atoms with Crippen molar-refractivity contribution in [3.63, 3.8) is 0 Å². The minimum Gasteiger partial charge on any atom is -0.229 e. The van der Waals surface area contributed by atoms with Crippen molar-refractivity contribution in [1.82, 2.24) is 4.31 Å². The van der Waals surface area contributed by atoms with E-state index in [1.807, 2.05) is 6.07 Å². The van der Waals surface area contributed by atoms with E-state index in [1.165, 1.54) is 4.31 Å². The largest absolute Gasteiger partial charge is 0.229 e. The van der Waals surface area contributed by atoms with Crippen molar-refractivity contribution < 1.29 is 16.8 Å². The summed E-state index contributed by atoms with van der Waals surface area (Å²) in [4.78, 5) is 0. The van der Waals surface area contributed by atoms with E-state index < -0.39 is 19.9 Å². The van der Waals surface area contributed by atoms with Gasteiger partial charge in [0.1, 0.15) is 0 Å². The van der Waals surface area contributed by atoms with Gasteiger partial charge < -0.3 is 0 Å². The van der Waals surface area contributed by atoms with Crippen LogP contribution in [-0.4, -0.2) is 45.7 Å². The van der Waals surface area contributed by atoms with Crippen LogP contribution in [0.15, 0.2) is 30.3 Å². The molecular weight excluding hydrogens is 286 g/mol. The molecule has 7 heteroatoms. The van der Waals surface area contributed by atoms with Crippen molar-refractivity contribution in [2.45, 2.75) is 5.75 Å². The van der Waals surface area contributed by atoms with Crippen LogP contribution >= 0.6 is 0 Å². The molecule has 2 heterocycles. The summed E-state index contributed by atoms with van der Waals surface area (Å²) in [6, 6.07) is 9.01. The zero-order valence-corrected chi connectivity index (χ0v) is 12.0. The summed E-state index contributed by atoms with van der Waals surface area (Å²) in [5, 5.41) is 0. The number of nitrogens with zero attached hydrogens (tertiary/aromatic N) is 1. The Morgan fingerprint density at radius 3 is 2.21 bits per heavy atom. The van der Waals surface area contributed by atoms with Crippen molar-refractivity contribution in [2.75, 3.05) is 24.6 Å². The number of sulfonamides is 1. The van der Waals surface area contributed by atoms with E-state index in [2.05, 4.69) is 0 Å². The molecule has 0 radical (unpaired) electrons. The molecule has 2 aliphatic rings. The molecule has 0 unspecified atom stereocenters. The first kappa shape index (κ1) is 13.1. The van der Waals surface area contributed by atoms with Gasteiger partial charge in [0.05, 0.1) is 17.3 Å². The second-order valence-electron chi connectivity index (χ2n) is 5.54. The van der Waals surface area contributed by atoms with Gasteiger partial charge in [0.15, 0.2) is 9.84 Å². The Morgan fingerprint density at radius 1 is 1.11 bits per heavy atom. The maximum atomic E-state index is 12.1. The predicted molar refractivity (Wildman–Crippen MR) is 71.7 cm³/mol. The maximum absolute atomic E-state index is 12.1. The van der Waals surface area contributed by atoms with Gasteiger partial charge in [0.2, 0.25) is 10.0 Å². The molecule has 0 N–H and O–H groups in total. The zero-order chi connectivity index (χ0) is 13.7. The van der Waals surface area contributed by atoms with Gasteiger partial charge in [-0.1, -0.05) is 30.3 Å². The number of rotatable bonds is 3. The molecule has 104 valence electrons. The Bertz CT molecular complexity index is 675. The molecular formula is C12H15NO4S2.